The molecule has 2 N–H and O–H groups in total. The fourth-order valence-electron chi connectivity index (χ4n) is 1.73. The van der Waals surface area contributed by atoms with E-state index in [1.54, 1.807) is 6.07 Å². The minimum atomic E-state index is -4.44. The summed E-state index contributed by atoms with van der Waals surface area (Å²) in [5.74, 6) is 0. The van der Waals surface area contributed by atoms with Crippen LogP contribution >= 0.6 is 15.9 Å². The lowest BCUT2D eigenvalue weighted by atomic mass is 10.1. The maximum Gasteiger partial charge on any atom is 0.435 e. The van der Waals surface area contributed by atoms with Crippen LogP contribution in [0.1, 0.15) is 11.3 Å². The first-order valence-corrected chi connectivity index (χ1v) is 6.33. The van der Waals surface area contributed by atoms with E-state index >= 15 is 0 Å². The van der Waals surface area contributed by atoms with Crippen molar-refractivity contribution in [2.45, 2.75) is 12.6 Å². The third-order valence-electron chi connectivity index (χ3n) is 2.59. The third-order valence-corrected chi connectivity index (χ3v) is 3.08. The molecule has 0 atom stereocenters. The molecule has 0 aliphatic carbocycles. The SMILES string of the molecule is NCCc1ccc(Br)cc1-n1ccc(C(F)(F)F)n1. The van der Waals surface area contributed by atoms with E-state index < -0.39 is 11.9 Å². The average Bonchev–Trinajstić information content (AvgIpc) is 2.80. The summed E-state index contributed by atoms with van der Waals surface area (Å²) in [5.41, 5.74) is 6.03. The van der Waals surface area contributed by atoms with E-state index in [9.17, 15) is 13.2 Å². The normalized spacial score (nSPS) is 11.8. The quantitative estimate of drug-likeness (QED) is 0.937. The summed E-state index contributed by atoms with van der Waals surface area (Å²) in [5, 5.41) is 3.57. The molecule has 0 amide bonds. The summed E-state index contributed by atoms with van der Waals surface area (Å²) in [6.07, 6.45) is -2.57. The van der Waals surface area contributed by atoms with Gasteiger partial charge in [0.2, 0.25) is 0 Å². The highest BCUT2D eigenvalue weighted by molar-refractivity contribution is 9.10. The Morgan fingerprint density at radius 1 is 1.26 bits per heavy atom. The van der Waals surface area contributed by atoms with Gasteiger partial charge >= 0.3 is 6.18 Å². The number of alkyl halides is 3. The van der Waals surface area contributed by atoms with Gasteiger partial charge in [-0.25, -0.2) is 4.68 Å². The molecule has 19 heavy (non-hydrogen) atoms. The van der Waals surface area contributed by atoms with Crippen molar-refractivity contribution in [3.63, 3.8) is 0 Å². The lowest BCUT2D eigenvalue weighted by Gasteiger charge is -2.09. The van der Waals surface area contributed by atoms with Gasteiger partial charge in [-0.15, -0.1) is 0 Å². The molecule has 1 heterocycles. The smallest absolute Gasteiger partial charge is 0.330 e. The maximum atomic E-state index is 12.5. The summed E-state index contributed by atoms with van der Waals surface area (Å²) < 4.78 is 39.6. The Kier molecular flexibility index (Phi) is 3.96. The molecule has 0 spiro atoms. The van der Waals surface area contributed by atoms with Crippen LogP contribution in [-0.2, 0) is 12.6 Å². The summed E-state index contributed by atoms with van der Waals surface area (Å²) in [6, 6.07) is 6.31. The van der Waals surface area contributed by atoms with Crippen molar-refractivity contribution >= 4 is 15.9 Å². The minimum absolute atomic E-state index is 0.419. The number of aromatic nitrogens is 2. The number of nitrogens with zero attached hydrogens (tertiary/aromatic N) is 2. The van der Waals surface area contributed by atoms with Gasteiger partial charge in [-0.05, 0) is 36.7 Å². The lowest BCUT2D eigenvalue weighted by molar-refractivity contribution is -0.141. The number of hydrogen-bond acceptors (Lipinski definition) is 2. The van der Waals surface area contributed by atoms with E-state index in [0.29, 0.717) is 18.7 Å². The molecule has 2 aromatic rings. The van der Waals surface area contributed by atoms with E-state index in [2.05, 4.69) is 21.0 Å². The Labute approximate surface area is 116 Å². The first-order chi connectivity index (χ1) is 8.91. The topological polar surface area (TPSA) is 43.8 Å². The van der Waals surface area contributed by atoms with Crippen LogP contribution < -0.4 is 5.73 Å². The molecule has 1 aromatic carbocycles. The maximum absolute atomic E-state index is 12.5. The molecule has 2 rings (SSSR count). The van der Waals surface area contributed by atoms with Crippen LogP contribution in [0.25, 0.3) is 5.69 Å². The van der Waals surface area contributed by atoms with Crippen LogP contribution in [0.4, 0.5) is 13.2 Å². The Bertz CT molecular complexity index is 578. The Morgan fingerprint density at radius 2 is 2.00 bits per heavy atom. The summed E-state index contributed by atoms with van der Waals surface area (Å²) in [6.45, 7) is 0.419. The Morgan fingerprint density at radius 3 is 2.58 bits per heavy atom. The fraction of sp³-hybridized carbons (Fsp3) is 0.250. The van der Waals surface area contributed by atoms with E-state index in [4.69, 9.17) is 5.73 Å². The van der Waals surface area contributed by atoms with Crippen molar-refractivity contribution in [2.24, 2.45) is 5.73 Å². The third kappa shape index (κ3) is 3.16. The summed E-state index contributed by atoms with van der Waals surface area (Å²) in [4.78, 5) is 0. The number of nitrogens with two attached hydrogens (primary N) is 1. The first-order valence-electron chi connectivity index (χ1n) is 5.53. The van der Waals surface area contributed by atoms with Crippen molar-refractivity contribution in [1.29, 1.82) is 0 Å². The number of halogens is 4. The number of hydrogen-bond donors (Lipinski definition) is 1. The zero-order valence-electron chi connectivity index (χ0n) is 9.78. The predicted molar refractivity (Wildman–Crippen MR) is 69.0 cm³/mol. The number of benzene rings is 1. The van der Waals surface area contributed by atoms with Gasteiger partial charge < -0.3 is 5.73 Å². The second kappa shape index (κ2) is 5.34. The minimum Gasteiger partial charge on any atom is -0.330 e. The van der Waals surface area contributed by atoms with Gasteiger partial charge in [0, 0.05) is 10.7 Å². The van der Waals surface area contributed by atoms with E-state index in [-0.39, 0.29) is 0 Å². The van der Waals surface area contributed by atoms with Gasteiger partial charge in [-0.1, -0.05) is 22.0 Å². The fourth-order valence-corrected chi connectivity index (χ4v) is 2.08. The summed E-state index contributed by atoms with van der Waals surface area (Å²) in [7, 11) is 0. The largest absolute Gasteiger partial charge is 0.435 e. The van der Waals surface area contributed by atoms with Crippen LogP contribution in [0.5, 0.6) is 0 Å². The van der Waals surface area contributed by atoms with Crippen molar-refractivity contribution < 1.29 is 13.2 Å². The van der Waals surface area contributed by atoms with Gasteiger partial charge in [0.25, 0.3) is 0 Å². The van der Waals surface area contributed by atoms with Crippen LogP contribution in [0.3, 0.4) is 0 Å². The predicted octanol–water partition coefficient (Wildman–Crippen LogP) is 3.15. The molecule has 0 aliphatic rings. The van der Waals surface area contributed by atoms with Gasteiger partial charge in [0.15, 0.2) is 5.69 Å². The molecule has 102 valence electrons. The molecule has 1 aromatic heterocycles. The summed E-state index contributed by atoms with van der Waals surface area (Å²) >= 11 is 3.30. The second-order valence-corrected chi connectivity index (χ2v) is 4.87. The molecule has 0 saturated carbocycles. The Hall–Kier alpha value is -1.34. The van der Waals surface area contributed by atoms with Gasteiger partial charge in [-0.2, -0.15) is 18.3 Å². The highest BCUT2D eigenvalue weighted by Crippen LogP contribution is 2.28. The van der Waals surface area contributed by atoms with Crippen molar-refractivity contribution in [2.75, 3.05) is 6.54 Å². The molecule has 0 radical (unpaired) electrons. The standard InChI is InChI=1S/C12H11BrF3N3/c13-9-2-1-8(3-5-17)10(7-9)19-6-4-11(18-19)12(14,15)16/h1-2,4,6-7H,3,5,17H2. The monoisotopic (exact) mass is 333 g/mol. The van der Waals surface area contributed by atoms with Gasteiger partial charge in [0.05, 0.1) is 5.69 Å². The van der Waals surface area contributed by atoms with Crippen LogP contribution in [0, 0.1) is 0 Å². The van der Waals surface area contributed by atoms with Crippen LogP contribution in [-0.4, -0.2) is 16.3 Å². The molecule has 0 unspecified atom stereocenters. The lowest BCUT2D eigenvalue weighted by Crippen LogP contribution is -2.10. The Balaban J connectivity index is 2.46. The second-order valence-electron chi connectivity index (χ2n) is 3.96. The first kappa shape index (κ1) is 14.1. The average molecular weight is 334 g/mol. The molecular weight excluding hydrogens is 323 g/mol. The van der Waals surface area contributed by atoms with Gasteiger partial charge in [0.1, 0.15) is 0 Å². The van der Waals surface area contributed by atoms with Crippen molar-refractivity contribution in [3.05, 3.63) is 46.2 Å². The molecule has 3 nitrogen and oxygen atoms in total. The zero-order valence-corrected chi connectivity index (χ0v) is 11.4. The van der Waals surface area contributed by atoms with E-state index in [0.717, 1.165) is 16.1 Å². The van der Waals surface area contributed by atoms with E-state index in [1.807, 2.05) is 12.1 Å². The van der Waals surface area contributed by atoms with Gasteiger partial charge in [-0.3, -0.25) is 0 Å². The molecule has 0 aliphatic heterocycles. The highest BCUT2D eigenvalue weighted by atomic mass is 79.9. The molecule has 0 bridgehead atoms. The van der Waals surface area contributed by atoms with Crippen LogP contribution in [0.15, 0.2) is 34.9 Å². The number of rotatable bonds is 3. The van der Waals surface area contributed by atoms with Crippen LogP contribution in [0.2, 0.25) is 0 Å². The van der Waals surface area contributed by atoms with Crippen molar-refractivity contribution in [3.8, 4) is 5.69 Å². The molecule has 7 heteroatoms. The molecular formula is C12H11BrF3N3. The molecule has 0 fully saturated rings. The highest BCUT2D eigenvalue weighted by Gasteiger charge is 2.33. The van der Waals surface area contributed by atoms with E-state index in [1.165, 1.54) is 10.9 Å². The molecule has 0 saturated heterocycles. The zero-order chi connectivity index (χ0) is 14.0. The van der Waals surface area contributed by atoms with Crippen molar-refractivity contribution in [1.82, 2.24) is 9.78 Å².